The third kappa shape index (κ3) is 3.83. The van der Waals surface area contributed by atoms with Crippen LogP contribution < -0.4 is 5.73 Å². The topological polar surface area (TPSA) is 99.2 Å². The molecule has 0 heterocycles. The minimum Gasteiger partial charge on any atom is -0.409 e. The second-order valence-electron chi connectivity index (χ2n) is 5.44. The Morgan fingerprint density at radius 3 is 2.42 bits per heavy atom. The van der Waals surface area contributed by atoms with Gasteiger partial charge in [0.05, 0.1) is 6.61 Å². The number of nitrogens with two attached hydrogens (primary N) is 1. The van der Waals surface area contributed by atoms with Crippen LogP contribution >= 0.6 is 0 Å². The first kappa shape index (κ1) is 15.8. The van der Waals surface area contributed by atoms with Gasteiger partial charge < -0.3 is 20.9 Å². The van der Waals surface area contributed by atoms with Crippen LogP contribution in [0.5, 0.6) is 0 Å². The van der Waals surface area contributed by atoms with Gasteiger partial charge in [-0.05, 0) is 18.8 Å². The van der Waals surface area contributed by atoms with Gasteiger partial charge in [0, 0.05) is 12.6 Å². The molecule has 6 heteroatoms. The highest BCUT2D eigenvalue weighted by Gasteiger charge is 2.34. The number of oxime groups is 1. The normalized spacial score (nSPS) is 18.8. The minimum absolute atomic E-state index is 0.0500. The minimum atomic E-state index is -0.628. The molecule has 1 atom stereocenters. The maximum atomic E-state index is 12.6. The van der Waals surface area contributed by atoms with E-state index in [1.54, 1.807) is 4.90 Å². The van der Waals surface area contributed by atoms with Crippen molar-refractivity contribution in [1.82, 2.24) is 4.90 Å². The zero-order valence-corrected chi connectivity index (χ0v) is 11.7. The third-order valence-corrected chi connectivity index (χ3v) is 3.76. The fraction of sp³-hybridized carbons (Fsp3) is 0.846. The number of aliphatic hydroxyl groups excluding tert-OH is 1. The molecule has 1 saturated carbocycles. The molecule has 0 aliphatic heterocycles. The standard InChI is InChI=1S/C13H25N3O3/c1-9(2)11(12(14)15-19)13(18)16(7-8-17)10-5-3-4-6-10/h9-11,17,19H,3-8H2,1-2H3,(H2,14,15). The number of nitrogens with zero attached hydrogens (tertiary/aromatic N) is 2. The molecule has 1 amide bonds. The van der Waals surface area contributed by atoms with Crippen LogP contribution in [0.4, 0.5) is 0 Å². The van der Waals surface area contributed by atoms with Gasteiger partial charge in [-0.25, -0.2) is 0 Å². The van der Waals surface area contributed by atoms with Crippen LogP contribution in [-0.2, 0) is 4.79 Å². The van der Waals surface area contributed by atoms with Crippen molar-refractivity contribution in [2.24, 2.45) is 22.7 Å². The Bertz CT molecular complexity index is 325. The number of amides is 1. The molecule has 0 saturated heterocycles. The lowest BCUT2D eigenvalue weighted by molar-refractivity contribution is -0.137. The Hall–Kier alpha value is -1.30. The van der Waals surface area contributed by atoms with E-state index < -0.39 is 5.92 Å². The largest absolute Gasteiger partial charge is 0.409 e. The fourth-order valence-electron chi connectivity index (χ4n) is 2.79. The van der Waals surface area contributed by atoms with Gasteiger partial charge in [-0.15, -0.1) is 0 Å². The van der Waals surface area contributed by atoms with Gasteiger partial charge in [-0.2, -0.15) is 0 Å². The van der Waals surface area contributed by atoms with Crippen molar-refractivity contribution in [3.63, 3.8) is 0 Å². The van der Waals surface area contributed by atoms with Gasteiger partial charge in [-0.3, -0.25) is 4.79 Å². The van der Waals surface area contributed by atoms with E-state index in [2.05, 4.69) is 5.16 Å². The highest BCUT2D eigenvalue weighted by molar-refractivity contribution is 6.02. The zero-order chi connectivity index (χ0) is 14.4. The molecule has 110 valence electrons. The molecule has 1 aliphatic rings. The number of carbonyl (C=O) groups excluding carboxylic acids is 1. The van der Waals surface area contributed by atoms with Crippen molar-refractivity contribution >= 4 is 11.7 Å². The third-order valence-electron chi connectivity index (χ3n) is 3.76. The van der Waals surface area contributed by atoms with Crippen molar-refractivity contribution in [1.29, 1.82) is 0 Å². The van der Waals surface area contributed by atoms with Crippen molar-refractivity contribution in [3.05, 3.63) is 0 Å². The average molecular weight is 271 g/mol. The zero-order valence-electron chi connectivity index (χ0n) is 11.7. The van der Waals surface area contributed by atoms with E-state index in [4.69, 9.17) is 16.0 Å². The summed E-state index contributed by atoms with van der Waals surface area (Å²) < 4.78 is 0. The van der Waals surface area contributed by atoms with E-state index in [-0.39, 0.29) is 30.3 Å². The summed E-state index contributed by atoms with van der Waals surface area (Å²) in [5, 5.41) is 21.0. The SMILES string of the molecule is CC(C)C(C(=O)N(CCO)C1CCCC1)C(N)=NO. The summed E-state index contributed by atoms with van der Waals surface area (Å²) in [6.45, 7) is 3.98. The number of carbonyl (C=O) groups is 1. The van der Waals surface area contributed by atoms with Gasteiger partial charge in [0.15, 0.2) is 5.84 Å². The molecule has 0 aromatic rings. The summed E-state index contributed by atoms with van der Waals surface area (Å²) in [7, 11) is 0. The van der Waals surface area contributed by atoms with E-state index in [0.29, 0.717) is 6.54 Å². The molecule has 19 heavy (non-hydrogen) atoms. The first-order valence-corrected chi connectivity index (χ1v) is 6.91. The summed E-state index contributed by atoms with van der Waals surface area (Å²) in [6, 6.07) is 0.174. The predicted octanol–water partition coefficient (Wildman–Crippen LogP) is 0.768. The van der Waals surface area contributed by atoms with Gasteiger partial charge in [0.25, 0.3) is 0 Å². The second kappa shape index (κ2) is 7.33. The summed E-state index contributed by atoms with van der Waals surface area (Å²) in [4.78, 5) is 14.3. The number of hydrogen-bond acceptors (Lipinski definition) is 4. The monoisotopic (exact) mass is 271 g/mol. The Kier molecular flexibility index (Phi) is 6.08. The van der Waals surface area contributed by atoms with Crippen LogP contribution in [0, 0.1) is 11.8 Å². The highest BCUT2D eigenvalue weighted by atomic mass is 16.4. The molecular formula is C13H25N3O3. The Morgan fingerprint density at radius 2 is 2.00 bits per heavy atom. The van der Waals surface area contributed by atoms with E-state index in [0.717, 1.165) is 25.7 Å². The van der Waals surface area contributed by atoms with Gasteiger partial charge in [0.2, 0.25) is 5.91 Å². The molecule has 0 bridgehead atoms. The quantitative estimate of drug-likeness (QED) is 0.287. The molecule has 0 radical (unpaired) electrons. The molecular weight excluding hydrogens is 246 g/mol. The van der Waals surface area contributed by atoms with E-state index in [9.17, 15) is 4.79 Å². The van der Waals surface area contributed by atoms with Crippen molar-refractivity contribution < 1.29 is 15.1 Å². The maximum Gasteiger partial charge on any atom is 0.233 e. The molecule has 6 nitrogen and oxygen atoms in total. The first-order valence-electron chi connectivity index (χ1n) is 6.91. The Labute approximate surface area is 114 Å². The van der Waals surface area contributed by atoms with Crippen LogP contribution in [0.2, 0.25) is 0 Å². The molecule has 1 aliphatic carbocycles. The van der Waals surface area contributed by atoms with Crippen LogP contribution in [0.25, 0.3) is 0 Å². The summed E-state index contributed by atoms with van der Waals surface area (Å²) in [5.41, 5.74) is 5.64. The van der Waals surface area contributed by atoms with Crippen LogP contribution in [0.1, 0.15) is 39.5 Å². The van der Waals surface area contributed by atoms with Crippen molar-refractivity contribution in [2.45, 2.75) is 45.6 Å². The van der Waals surface area contributed by atoms with E-state index >= 15 is 0 Å². The number of aliphatic hydroxyl groups is 1. The van der Waals surface area contributed by atoms with Crippen molar-refractivity contribution in [3.8, 4) is 0 Å². The Balaban J connectivity index is 2.89. The maximum absolute atomic E-state index is 12.6. The second-order valence-corrected chi connectivity index (χ2v) is 5.44. The van der Waals surface area contributed by atoms with Crippen molar-refractivity contribution in [2.75, 3.05) is 13.2 Å². The van der Waals surface area contributed by atoms with Gasteiger partial charge in [-0.1, -0.05) is 31.8 Å². The lowest BCUT2D eigenvalue weighted by atomic mass is 9.92. The predicted molar refractivity (Wildman–Crippen MR) is 72.8 cm³/mol. The summed E-state index contributed by atoms with van der Waals surface area (Å²) >= 11 is 0. The van der Waals surface area contributed by atoms with E-state index in [1.165, 1.54) is 0 Å². The lowest BCUT2D eigenvalue weighted by Gasteiger charge is -2.32. The Morgan fingerprint density at radius 1 is 1.42 bits per heavy atom. The molecule has 0 aromatic carbocycles. The van der Waals surface area contributed by atoms with Gasteiger partial charge >= 0.3 is 0 Å². The fourth-order valence-corrected chi connectivity index (χ4v) is 2.79. The van der Waals surface area contributed by atoms with Crippen LogP contribution in [0.15, 0.2) is 5.16 Å². The smallest absolute Gasteiger partial charge is 0.233 e. The molecule has 0 aromatic heterocycles. The molecule has 1 unspecified atom stereocenters. The molecule has 1 rings (SSSR count). The molecule has 4 N–H and O–H groups in total. The average Bonchev–Trinajstić information content (AvgIpc) is 2.88. The van der Waals surface area contributed by atoms with Gasteiger partial charge in [0.1, 0.15) is 5.92 Å². The highest BCUT2D eigenvalue weighted by Crippen LogP contribution is 2.26. The molecule has 1 fully saturated rings. The molecule has 0 spiro atoms. The summed E-state index contributed by atoms with van der Waals surface area (Å²) in [6.07, 6.45) is 4.14. The van der Waals surface area contributed by atoms with Crippen LogP contribution in [-0.4, -0.2) is 46.1 Å². The van der Waals surface area contributed by atoms with Crippen LogP contribution in [0.3, 0.4) is 0 Å². The number of amidine groups is 1. The summed E-state index contributed by atoms with van der Waals surface area (Å²) in [5.74, 6) is -0.879. The number of rotatable bonds is 6. The lowest BCUT2D eigenvalue weighted by Crippen LogP contribution is -2.49. The first-order chi connectivity index (χ1) is 9.02. The van der Waals surface area contributed by atoms with E-state index in [1.807, 2.05) is 13.8 Å². The number of hydrogen-bond donors (Lipinski definition) is 3.